The largest absolute Gasteiger partial charge is 0.306 e. The van der Waals surface area contributed by atoms with Crippen LogP contribution in [0.3, 0.4) is 0 Å². The highest BCUT2D eigenvalue weighted by Crippen LogP contribution is 2.68. The number of fused-ring (bicyclic) bond motifs is 4. The molecular formula is C24H40N2. The van der Waals surface area contributed by atoms with Gasteiger partial charge in [0.2, 0.25) is 0 Å². The minimum absolute atomic E-state index is 0.519. The summed E-state index contributed by atoms with van der Waals surface area (Å²) < 4.78 is 0. The minimum atomic E-state index is 0.519. The van der Waals surface area contributed by atoms with E-state index in [1.807, 2.05) is 5.57 Å². The van der Waals surface area contributed by atoms with Crippen molar-refractivity contribution in [3.05, 3.63) is 11.6 Å². The fourth-order valence-electron chi connectivity index (χ4n) is 8.88. The van der Waals surface area contributed by atoms with E-state index < -0.39 is 0 Å². The van der Waals surface area contributed by atoms with Gasteiger partial charge in [0, 0.05) is 18.6 Å². The molecule has 1 spiro atoms. The van der Waals surface area contributed by atoms with Gasteiger partial charge in [0.1, 0.15) is 0 Å². The van der Waals surface area contributed by atoms with Crippen molar-refractivity contribution in [2.75, 3.05) is 27.7 Å². The summed E-state index contributed by atoms with van der Waals surface area (Å²) in [6.07, 6.45) is 14.4. The van der Waals surface area contributed by atoms with Crippen LogP contribution in [-0.2, 0) is 0 Å². The molecule has 26 heavy (non-hydrogen) atoms. The van der Waals surface area contributed by atoms with Gasteiger partial charge in [0.25, 0.3) is 0 Å². The number of hydrogen-bond acceptors (Lipinski definition) is 2. The molecule has 0 radical (unpaired) electrons. The Balaban J connectivity index is 1.45. The lowest BCUT2D eigenvalue weighted by atomic mass is 9.47. The Bertz CT molecular complexity index is 609. The van der Waals surface area contributed by atoms with E-state index in [4.69, 9.17) is 0 Å². The molecule has 0 aromatic heterocycles. The van der Waals surface area contributed by atoms with Crippen molar-refractivity contribution in [3.8, 4) is 0 Å². The fraction of sp³-hybridized carbons (Fsp3) is 0.917. The van der Waals surface area contributed by atoms with Crippen LogP contribution in [0.15, 0.2) is 11.6 Å². The SMILES string of the molecule is C[C@H]1C2CCC3C4CC=C5C[C@@H](N(C)C)CC[C@]5(C)C4CC[C@@]32CN1C. The maximum atomic E-state index is 2.74. The summed E-state index contributed by atoms with van der Waals surface area (Å²) in [5.74, 6) is 3.96. The molecule has 4 aliphatic carbocycles. The second kappa shape index (κ2) is 5.83. The smallest absolute Gasteiger partial charge is 0.0127 e. The van der Waals surface area contributed by atoms with Crippen LogP contribution in [0, 0.1) is 34.5 Å². The summed E-state index contributed by atoms with van der Waals surface area (Å²) in [6.45, 7) is 6.56. The van der Waals surface area contributed by atoms with Crippen molar-refractivity contribution in [1.82, 2.24) is 9.80 Å². The molecule has 0 amide bonds. The number of allylic oxidation sites excluding steroid dienone is 1. The average Bonchev–Trinajstić information content (AvgIpc) is 3.08. The second-order valence-corrected chi connectivity index (χ2v) is 11.2. The summed E-state index contributed by atoms with van der Waals surface area (Å²) in [5.41, 5.74) is 3.04. The van der Waals surface area contributed by atoms with Crippen molar-refractivity contribution in [1.29, 1.82) is 0 Å². The third kappa shape index (κ3) is 2.18. The van der Waals surface area contributed by atoms with Crippen molar-refractivity contribution in [2.45, 2.75) is 77.3 Å². The van der Waals surface area contributed by atoms with Gasteiger partial charge < -0.3 is 9.80 Å². The van der Waals surface area contributed by atoms with Gasteiger partial charge in [-0.1, -0.05) is 18.6 Å². The molecule has 5 aliphatic rings. The zero-order chi connectivity index (χ0) is 18.3. The van der Waals surface area contributed by atoms with E-state index in [0.717, 1.165) is 35.8 Å². The van der Waals surface area contributed by atoms with E-state index in [1.165, 1.54) is 57.9 Å². The minimum Gasteiger partial charge on any atom is -0.306 e. The molecule has 3 saturated carbocycles. The first-order valence-electron chi connectivity index (χ1n) is 11.4. The summed E-state index contributed by atoms with van der Waals surface area (Å²) in [7, 11) is 6.95. The Labute approximate surface area is 161 Å². The molecule has 2 heteroatoms. The Morgan fingerprint density at radius 2 is 1.81 bits per heavy atom. The van der Waals surface area contributed by atoms with Crippen molar-refractivity contribution in [2.24, 2.45) is 34.5 Å². The molecule has 146 valence electrons. The van der Waals surface area contributed by atoms with E-state index in [0.29, 0.717) is 10.8 Å². The van der Waals surface area contributed by atoms with E-state index in [9.17, 15) is 0 Å². The zero-order valence-electron chi connectivity index (χ0n) is 17.8. The van der Waals surface area contributed by atoms with Gasteiger partial charge in [-0.05, 0) is 114 Å². The normalized spacial score (nSPS) is 53.7. The van der Waals surface area contributed by atoms with Crippen LogP contribution < -0.4 is 0 Å². The highest BCUT2D eigenvalue weighted by atomic mass is 15.2. The van der Waals surface area contributed by atoms with E-state index in [2.05, 4.69) is 50.9 Å². The van der Waals surface area contributed by atoms with Gasteiger partial charge in [0.15, 0.2) is 0 Å². The standard InChI is InChI=1S/C24H40N2/c1-16-20-8-9-22-19-7-6-17-14-18(25(3)4)10-12-23(17,2)21(19)11-13-24(20,22)15-26(16)5/h6,16,18-22H,7-15H2,1-5H3/t16-,18-,19?,20?,21?,22?,23-,24-/m0/s1. The summed E-state index contributed by atoms with van der Waals surface area (Å²) in [4.78, 5) is 5.17. The highest BCUT2D eigenvalue weighted by Gasteiger charge is 2.63. The Morgan fingerprint density at radius 1 is 1.04 bits per heavy atom. The Morgan fingerprint density at radius 3 is 2.58 bits per heavy atom. The van der Waals surface area contributed by atoms with E-state index >= 15 is 0 Å². The number of nitrogens with zero attached hydrogens (tertiary/aromatic N) is 2. The van der Waals surface area contributed by atoms with E-state index in [1.54, 1.807) is 0 Å². The molecule has 1 saturated heterocycles. The average molecular weight is 357 g/mol. The molecule has 0 N–H and O–H groups in total. The van der Waals surface area contributed by atoms with Crippen molar-refractivity contribution in [3.63, 3.8) is 0 Å². The van der Waals surface area contributed by atoms with E-state index in [-0.39, 0.29) is 0 Å². The molecular weight excluding hydrogens is 316 g/mol. The lowest BCUT2D eigenvalue weighted by Crippen LogP contribution is -2.52. The van der Waals surface area contributed by atoms with Gasteiger partial charge in [-0.2, -0.15) is 0 Å². The lowest BCUT2D eigenvalue weighted by molar-refractivity contribution is -0.0430. The van der Waals surface area contributed by atoms with Crippen LogP contribution in [0.4, 0.5) is 0 Å². The van der Waals surface area contributed by atoms with Gasteiger partial charge in [-0.15, -0.1) is 0 Å². The molecule has 2 nitrogen and oxygen atoms in total. The first-order chi connectivity index (χ1) is 12.4. The molecule has 4 unspecified atom stereocenters. The summed E-state index contributed by atoms with van der Waals surface area (Å²) in [5, 5.41) is 0. The topological polar surface area (TPSA) is 6.48 Å². The maximum absolute atomic E-state index is 2.74. The van der Waals surface area contributed by atoms with Gasteiger partial charge in [0.05, 0.1) is 0 Å². The van der Waals surface area contributed by atoms with Crippen molar-refractivity contribution < 1.29 is 0 Å². The monoisotopic (exact) mass is 356 g/mol. The molecule has 0 aromatic rings. The number of rotatable bonds is 1. The number of likely N-dealkylation sites (tertiary alicyclic amines) is 1. The van der Waals surface area contributed by atoms with Gasteiger partial charge in [-0.25, -0.2) is 0 Å². The van der Waals surface area contributed by atoms with Crippen LogP contribution >= 0.6 is 0 Å². The maximum Gasteiger partial charge on any atom is 0.0127 e. The molecule has 8 atom stereocenters. The van der Waals surface area contributed by atoms with Crippen LogP contribution in [-0.4, -0.2) is 49.6 Å². The van der Waals surface area contributed by atoms with Crippen LogP contribution in [0.25, 0.3) is 0 Å². The highest BCUT2D eigenvalue weighted by molar-refractivity contribution is 5.26. The van der Waals surface area contributed by atoms with Crippen LogP contribution in [0.1, 0.15) is 65.2 Å². The molecule has 0 aromatic carbocycles. The summed E-state index contributed by atoms with van der Waals surface area (Å²) >= 11 is 0. The van der Waals surface area contributed by atoms with Crippen molar-refractivity contribution >= 4 is 0 Å². The predicted octanol–water partition coefficient (Wildman–Crippen LogP) is 4.81. The number of hydrogen-bond donors (Lipinski definition) is 0. The Hall–Kier alpha value is -0.340. The first kappa shape index (κ1) is 17.7. The third-order valence-corrected chi connectivity index (χ3v) is 10.4. The van der Waals surface area contributed by atoms with Gasteiger partial charge in [-0.3, -0.25) is 0 Å². The van der Waals surface area contributed by atoms with Crippen LogP contribution in [0.5, 0.6) is 0 Å². The quantitative estimate of drug-likeness (QED) is 0.622. The molecule has 4 fully saturated rings. The molecule has 5 rings (SSSR count). The molecule has 1 aliphatic heterocycles. The van der Waals surface area contributed by atoms with Crippen LogP contribution in [0.2, 0.25) is 0 Å². The Kier molecular flexibility index (Phi) is 3.98. The lowest BCUT2D eigenvalue weighted by Gasteiger charge is -2.58. The molecule has 0 bridgehead atoms. The second-order valence-electron chi connectivity index (χ2n) is 11.2. The fourth-order valence-corrected chi connectivity index (χ4v) is 8.88. The zero-order valence-corrected chi connectivity index (χ0v) is 17.8. The first-order valence-corrected chi connectivity index (χ1v) is 11.4. The third-order valence-electron chi connectivity index (χ3n) is 10.4. The van der Waals surface area contributed by atoms with Gasteiger partial charge >= 0.3 is 0 Å². The predicted molar refractivity (Wildman–Crippen MR) is 109 cm³/mol. The molecule has 1 heterocycles. The summed E-state index contributed by atoms with van der Waals surface area (Å²) in [6, 6.07) is 1.60.